The maximum atomic E-state index is 8.74. The lowest BCUT2D eigenvalue weighted by molar-refractivity contribution is 0.305. The van der Waals surface area contributed by atoms with Crippen molar-refractivity contribution in [2.45, 2.75) is 17.9 Å². The molecule has 0 saturated heterocycles. The first-order valence-corrected chi connectivity index (χ1v) is 8.69. The molecule has 1 aromatic carbocycles. The van der Waals surface area contributed by atoms with Crippen molar-refractivity contribution in [3.63, 3.8) is 0 Å². The third kappa shape index (κ3) is 4.88. The second-order valence-electron chi connectivity index (χ2n) is 4.15. The average Bonchev–Trinajstić information content (AvgIpc) is 2.89. The first kappa shape index (κ1) is 15.5. The number of hydrogen-bond donors (Lipinski definition) is 1. The monoisotopic (exact) mass is 322 g/mol. The van der Waals surface area contributed by atoms with Gasteiger partial charge in [-0.1, -0.05) is 35.6 Å². The molecule has 1 N–H and O–H groups in total. The lowest BCUT2D eigenvalue weighted by atomic mass is 10.2. The highest BCUT2D eigenvalue weighted by atomic mass is 35.5. The van der Waals surface area contributed by atoms with Crippen molar-refractivity contribution < 1.29 is 5.11 Å². The Balaban J connectivity index is 1.87. The van der Waals surface area contributed by atoms with E-state index in [9.17, 15) is 0 Å². The lowest BCUT2D eigenvalue weighted by Crippen LogP contribution is -1.84. The van der Waals surface area contributed by atoms with Gasteiger partial charge < -0.3 is 5.11 Å². The zero-order chi connectivity index (χ0) is 14.2. The fourth-order valence-corrected chi connectivity index (χ4v) is 3.75. The molecule has 0 bridgehead atoms. The van der Waals surface area contributed by atoms with Crippen LogP contribution in [0.25, 0.3) is 0 Å². The molecule has 0 amide bonds. The topological polar surface area (TPSA) is 20.2 Å². The molecule has 0 spiro atoms. The second-order valence-corrected chi connectivity index (χ2v) is 6.57. The van der Waals surface area contributed by atoms with Gasteiger partial charge in [0.2, 0.25) is 0 Å². The summed E-state index contributed by atoms with van der Waals surface area (Å²) in [6, 6.07) is 10.0. The van der Waals surface area contributed by atoms with E-state index in [4.69, 9.17) is 16.7 Å². The zero-order valence-electron chi connectivity index (χ0n) is 10.9. The molecular formula is C16H15ClOS2. The third-order valence-corrected chi connectivity index (χ3v) is 5.01. The zero-order valence-corrected chi connectivity index (χ0v) is 13.3. The number of thiophene rings is 1. The molecule has 0 atom stereocenters. The van der Waals surface area contributed by atoms with E-state index >= 15 is 0 Å². The quantitative estimate of drug-likeness (QED) is 0.814. The van der Waals surface area contributed by atoms with Crippen LogP contribution in [0, 0.1) is 11.8 Å². The van der Waals surface area contributed by atoms with E-state index in [0.29, 0.717) is 6.42 Å². The standard InChI is InChI=1S/C16H15ClOS2/c17-15-6-4-13(5-7-15)11-19-12-16-14(8-10-20-16)3-1-2-9-18/h4-8,10,18H,2,9,11-12H2. The van der Waals surface area contributed by atoms with E-state index in [-0.39, 0.29) is 6.61 Å². The number of thioether (sulfide) groups is 1. The predicted octanol–water partition coefficient (Wildman–Crippen LogP) is 4.57. The van der Waals surface area contributed by atoms with Gasteiger partial charge in [-0.2, -0.15) is 11.8 Å². The summed E-state index contributed by atoms with van der Waals surface area (Å²) in [4.78, 5) is 1.30. The molecule has 0 unspecified atom stereocenters. The summed E-state index contributed by atoms with van der Waals surface area (Å²) in [5, 5.41) is 11.6. The molecular weight excluding hydrogens is 308 g/mol. The molecule has 1 nitrogen and oxygen atoms in total. The summed E-state index contributed by atoms with van der Waals surface area (Å²) in [5.74, 6) is 8.03. The Kier molecular flexibility index (Phi) is 6.49. The van der Waals surface area contributed by atoms with Crippen molar-refractivity contribution >= 4 is 34.7 Å². The normalized spacial score (nSPS) is 10.1. The van der Waals surface area contributed by atoms with Crippen LogP contribution in [-0.2, 0) is 11.5 Å². The number of hydrogen-bond acceptors (Lipinski definition) is 3. The van der Waals surface area contributed by atoms with Gasteiger partial charge in [-0.3, -0.25) is 0 Å². The maximum absolute atomic E-state index is 8.74. The Bertz CT molecular complexity index is 593. The van der Waals surface area contributed by atoms with Gasteiger partial charge in [-0.25, -0.2) is 0 Å². The summed E-state index contributed by atoms with van der Waals surface area (Å²) < 4.78 is 0. The van der Waals surface area contributed by atoms with Gasteiger partial charge in [0.05, 0.1) is 6.61 Å². The van der Waals surface area contributed by atoms with Gasteiger partial charge in [-0.15, -0.1) is 11.3 Å². The number of halogens is 1. The molecule has 1 heterocycles. The van der Waals surface area contributed by atoms with Crippen molar-refractivity contribution in [2.75, 3.05) is 6.61 Å². The SMILES string of the molecule is OCCC#Cc1ccsc1CSCc1ccc(Cl)cc1. The molecule has 0 fully saturated rings. The van der Waals surface area contributed by atoms with Crippen LogP contribution in [0.4, 0.5) is 0 Å². The Morgan fingerprint density at radius 3 is 2.70 bits per heavy atom. The van der Waals surface area contributed by atoms with Crippen LogP contribution in [0.5, 0.6) is 0 Å². The molecule has 0 saturated carbocycles. The first-order chi connectivity index (χ1) is 9.79. The molecule has 1 aromatic heterocycles. The van der Waals surface area contributed by atoms with Crippen molar-refractivity contribution in [3.05, 3.63) is 56.7 Å². The van der Waals surface area contributed by atoms with Crippen molar-refractivity contribution in [3.8, 4) is 11.8 Å². The first-order valence-electron chi connectivity index (χ1n) is 6.28. The van der Waals surface area contributed by atoms with E-state index < -0.39 is 0 Å². The fraction of sp³-hybridized carbons (Fsp3) is 0.250. The maximum Gasteiger partial charge on any atom is 0.0540 e. The molecule has 0 radical (unpaired) electrons. The van der Waals surface area contributed by atoms with Crippen LogP contribution in [0.3, 0.4) is 0 Å². The summed E-state index contributed by atoms with van der Waals surface area (Å²) in [5.41, 5.74) is 2.37. The van der Waals surface area contributed by atoms with Crippen LogP contribution in [0.2, 0.25) is 5.02 Å². The minimum absolute atomic E-state index is 0.123. The minimum Gasteiger partial charge on any atom is -0.395 e. The fourth-order valence-electron chi connectivity index (χ4n) is 1.62. The summed E-state index contributed by atoms with van der Waals surface area (Å²) in [6.45, 7) is 0.123. The molecule has 2 rings (SSSR count). The Morgan fingerprint density at radius 2 is 1.95 bits per heavy atom. The highest BCUT2D eigenvalue weighted by Crippen LogP contribution is 2.24. The Hall–Kier alpha value is -0.920. The largest absolute Gasteiger partial charge is 0.395 e. The van der Waals surface area contributed by atoms with Crippen LogP contribution in [0.1, 0.15) is 22.4 Å². The van der Waals surface area contributed by atoms with Crippen molar-refractivity contribution in [1.29, 1.82) is 0 Å². The van der Waals surface area contributed by atoms with E-state index in [2.05, 4.69) is 29.4 Å². The second kappa shape index (κ2) is 8.39. The summed E-state index contributed by atoms with van der Waals surface area (Å²) in [7, 11) is 0. The van der Waals surface area contributed by atoms with Gasteiger partial charge in [0.1, 0.15) is 0 Å². The van der Waals surface area contributed by atoms with Crippen molar-refractivity contribution in [2.24, 2.45) is 0 Å². The third-order valence-electron chi connectivity index (χ3n) is 2.62. The smallest absolute Gasteiger partial charge is 0.0540 e. The van der Waals surface area contributed by atoms with Gasteiger partial charge in [0.15, 0.2) is 0 Å². The van der Waals surface area contributed by atoms with Crippen molar-refractivity contribution in [1.82, 2.24) is 0 Å². The molecule has 4 heteroatoms. The van der Waals surface area contributed by atoms with Gasteiger partial charge in [0, 0.05) is 33.4 Å². The Labute approximate surface area is 133 Å². The molecule has 0 aliphatic rings. The predicted molar refractivity (Wildman–Crippen MR) is 89.4 cm³/mol. The number of benzene rings is 1. The number of aliphatic hydroxyl groups is 1. The highest BCUT2D eigenvalue weighted by Gasteiger charge is 2.02. The minimum atomic E-state index is 0.123. The van der Waals surface area contributed by atoms with Crippen LogP contribution in [0.15, 0.2) is 35.7 Å². The molecule has 104 valence electrons. The van der Waals surface area contributed by atoms with Gasteiger partial charge in [0.25, 0.3) is 0 Å². The summed E-state index contributed by atoms with van der Waals surface area (Å²) in [6.07, 6.45) is 0.535. The van der Waals surface area contributed by atoms with E-state index in [0.717, 1.165) is 22.1 Å². The molecule has 0 aliphatic carbocycles. The summed E-state index contributed by atoms with van der Waals surface area (Å²) >= 11 is 9.48. The average molecular weight is 323 g/mol. The van der Waals surface area contributed by atoms with Crippen LogP contribution < -0.4 is 0 Å². The van der Waals surface area contributed by atoms with Crippen LogP contribution >= 0.6 is 34.7 Å². The van der Waals surface area contributed by atoms with E-state index in [1.54, 1.807) is 11.3 Å². The van der Waals surface area contributed by atoms with Gasteiger partial charge in [-0.05, 0) is 29.1 Å². The highest BCUT2D eigenvalue weighted by molar-refractivity contribution is 7.97. The lowest BCUT2D eigenvalue weighted by Gasteiger charge is -2.01. The van der Waals surface area contributed by atoms with Gasteiger partial charge >= 0.3 is 0 Å². The van der Waals surface area contributed by atoms with Crippen LogP contribution in [-0.4, -0.2) is 11.7 Å². The Morgan fingerprint density at radius 1 is 1.15 bits per heavy atom. The number of rotatable bonds is 5. The number of aliphatic hydroxyl groups excluding tert-OH is 1. The molecule has 0 aliphatic heterocycles. The van der Waals surface area contributed by atoms with E-state index in [1.807, 2.05) is 30.0 Å². The molecule has 2 aromatic rings. The van der Waals surface area contributed by atoms with E-state index in [1.165, 1.54) is 10.4 Å². The molecule has 20 heavy (non-hydrogen) atoms.